The molecule has 1 aliphatic heterocycles. The van der Waals surface area contributed by atoms with Crippen molar-refractivity contribution in [2.45, 2.75) is 55.4 Å². The summed E-state index contributed by atoms with van der Waals surface area (Å²) < 4.78 is 24.4. The van der Waals surface area contributed by atoms with E-state index in [4.69, 9.17) is 0 Å². The van der Waals surface area contributed by atoms with Crippen LogP contribution in [0.3, 0.4) is 0 Å². The van der Waals surface area contributed by atoms with Gasteiger partial charge in [0.1, 0.15) is 0 Å². The molecule has 1 heterocycles. The van der Waals surface area contributed by atoms with Crippen molar-refractivity contribution in [3.05, 3.63) is 29.8 Å². The van der Waals surface area contributed by atoms with Crippen molar-refractivity contribution in [3.63, 3.8) is 0 Å². The Hall–Kier alpha value is -0.870. The molecule has 3 nitrogen and oxygen atoms in total. The summed E-state index contributed by atoms with van der Waals surface area (Å²) in [5.74, 6) is 0.262. The van der Waals surface area contributed by atoms with Gasteiger partial charge in [0.2, 0.25) is 0 Å². The highest BCUT2D eigenvalue weighted by molar-refractivity contribution is 7.91. The lowest BCUT2D eigenvalue weighted by atomic mass is 9.75. The maximum absolute atomic E-state index is 12.2. The van der Waals surface area contributed by atoms with Crippen molar-refractivity contribution >= 4 is 9.84 Å². The summed E-state index contributed by atoms with van der Waals surface area (Å²) in [5, 5.41) is 11.2. The zero-order chi connectivity index (χ0) is 14.2. The second-order valence-electron chi connectivity index (χ2n) is 6.18. The fraction of sp³-hybridized carbons (Fsp3) is 0.625. The molecular weight excluding hydrogens is 272 g/mol. The molecule has 1 atom stereocenters. The minimum atomic E-state index is -3.22. The molecule has 0 amide bonds. The molecule has 1 N–H and O–H groups in total. The molecule has 1 aromatic carbocycles. The molecule has 1 saturated carbocycles. The van der Waals surface area contributed by atoms with Crippen LogP contribution >= 0.6 is 0 Å². The van der Waals surface area contributed by atoms with Gasteiger partial charge in [-0.25, -0.2) is 8.42 Å². The van der Waals surface area contributed by atoms with E-state index in [1.54, 1.807) is 18.2 Å². The van der Waals surface area contributed by atoms with Crippen molar-refractivity contribution in [1.82, 2.24) is 0 Å². The van der Waals surface area contributed by atoms with E-state index in [1.165, 1.54) is 12.8 Å². The summed E-state index contributed by atoms with van der Waals surface area (Å²) >= 11 is 0. The van der Waals surface area contributed by atoms with Crippen LogP contribution in [-0.2, 0) is 15.4 Å². The first-order valence-corrected chi connectivity index (χ1v) is 9.24. The monoisotopic (exact) mass is 294 g/mol. The van der Waals surface area contributed by atoms with Crippen molar-refractivity contribution in [3.8, 4) is 0 Å². The van der Waals surface area contributed by atoms with Gasteiger partial charge in [-0.15, -0.1) is 0 Å². The first-order chi connectivity index (χ1) is 9.54. The van der Waals surface area contributed by atoms with Crippen molar-refractivity contribution in [2.75, 3.05) is 5.75 Å². The van der Waals surface area contributed by atoms with Crippen LogP contribution in [0.1, 0.15) is 50.5 Å². The second kappa shape index (κ2) is 5.15. The molecule has 0 saturated heterocycles. The topological polar surface area (TPSA) is 54.4 Å². The minimum Gasteiger partial charge on any atom is -0.385 e. The Bertz CT molecular complexity index is 585. The van der Waals surface area contributed by atoms with Crippen molar-refractivity contribution in [2.24, 2.45) is 5.92 Å². The summed E-state index contributed by atoms with van der Waals surface area (Å²) in [6.07, 6.45) is 7.09. The predicted octanol–water partition coefficient (Wildman–Crippen LogP) is 3.02. The highest BCUT2D eigenvalue weighted by Crippen LogP contribution is 2.46. The molecule has 4 heteroatoms. The van der Waals surface area contributed by atoms with Crippen LogP contribution in [0, 0.1) is 5.92 Å². The quantitative estimate of drug-likeness (QED) is 0.810. The van der Waals surface area contributed by atoms with Gasteiger partial charge < -0.3 is 5.11 Å². The Balaban J connectivity index is 2.05. The smallest absolute Gasteiger partial charge is 0.178 e. The normalized spacial score (nSPS) is 30.4. The average molecular weight is 294 g/mol. The summed E-state index contributed by atoms with van der Waals surface area (Å²) in [6, 6.07) is 7.03. The molecule has 0 aromatic heterocycles. The highest BCUT2D eigenvalue weighted by Gasteiger charge is 2.45. The molecule has 0 spiro atoms. The third-order valence-electron chi connectivity index (χ3n) is 4.97. The van der Waals surface area contributed by atoms with Crippen LogP contribution in [0.5, 0.6) is 0 Å². The lowest BCUT2D eigenvalue weighted by Gasteiger charge is -2.40. The summed E-state index contributed by atoms with van der Waals surface area (Å²) in [7, 11) is -3.22. The van der Waals surface area contributed by atoms with Gasteiger partial charge in [0, 0.05) is 5.56 Å². The zero-order valence-corrected chi connectivity index (χ0v) is 12.5. The van der Waals surface area contributed by atoms with E-state index < -0.39 is 15.4 Å². The molecule has 1 aromatic rings. The average Bonchev–Trinajstić information content (AvgIpc) is 2.73. The van der Waals surface area contributed by atoms with Crippen LogP contribution in [0.4, 0.5) is 0 Å². The Morgan fingerprint density at radius 2 is 1.70 bits per heavy atom. The minimum absolute atomic E-state index is 0.0665. The molecule has 2 aliphatic rings. The Morgan fingerprint density at radius 1 is 1.05 bits per heavy atom. The SMILES string of the molecule is O=S1(=O)CCC(O)(C2CCCCCC2)c2ccccc21. The number of fused-ring (bicyclic) bond motifs is 1. The first kappa shape index (κ1) is 14.1. The van der Waals surface area contributed by atoms with Crippen LogP contribution in [0.25, 0.3) is 0 Å². The number of benzene rings is 1. The first-order valence-electron chi connectivity index (χ1n) is 7.59. The van der Waals surface area contributed by atoms with Gasteiger partial charge in [-0.05, 0) is 31.2 Å². The summed E-state index contributed by atoms with van der Waals surface area (Å²) in [5.41, 5.74) is -0.315. The highest BCUT2D eigenvalue weighted by atomic mass is 32.2. The van der Waals surface area contributed by atoms with E-state index in [1.807, 2.05) is 6.07 Å². The maximum Gasteiger partial charge on any atom is 0.178 e. The van der Waals surface area contributed by atoms with Gasteiger partial charge in [0.15, 0.2) is 9.84 Å². The maximum atomic E-state index is 12.2. The largest absolute Gasteiger partial charge is 0.385 e. The van der Waals surface area contributed by atoms with Gasteiger partial charge in [-0.1, -0.05) is 43.9 Å². The second-order valence-corrected chi connectivity index (χ2v) is 8.26. The molecule has 1 fully saturated rings. The molecular formula is C16H22O3S. The van der Waals surface area contributed by atoms with Crippen molar-refractivity contribution in [1.29, 1.82) is 0 Å². The molecule has 1 unspecified atom stereocenters. The number of hydrogen-bond acceptors (Lipinski definition) is 3. The fourth-order valence-corrected chi connectivity index (χ4v) is 5.48. The van der Waals surface area contributed by atoms with Gasteiger partial charge in [-0.2, -0.15) is 0 Å². The van der Waals surface area contributed by atoms with E-state index in [0.29, 0.717) is 16.9 Å². The van der Waals surface area contributed by atoms with Crippen LogP contribution in [0.15, 0.2) is 29.2 Å². The molecule has 3 rings (SSSR count). The van der Waals surface area contributed by atoms with Gasteiger partial charge in [-0.3, -0.25) is 0 Å². The van der Waals surface area contributed by atoms with Crippen LogP contribution in [0.2, 0.25) is 0 Å². The van der Waals surface area contributed by atoms with E-state index in [-0.39, 0.29) is 11.7 Å². The Morgan fingerprint density at radius 3 is 2.40 bits per heavy atom. The third kappa shape index (κ3) is 2.29. The molecule has 0 bridgehead atoms. The Labute approximate surface area is 120 Å². The predicted molar refractivity (Wildman–Crippen MR) is 78.2 cm³/mol. The van der Waals surface area contributed by atoms with Crippen LogP contribution < -0.4 is 0 Å². The standard InChI is InChI=1S/C16H22O3S/c17-16(13-7-3-1-2-4-8-13)11-12-20(18,19)15-10-6-5-9-14(15)16/h5-6,9-10,13,17H,1-4,7-8,11-12H2. The summed E-state index contributed by atoms with van der Waals surface area (Å²) in [4.78, 5) is 0.345. The van der Waals surface area contributed by atoms with E-state index in [2.05, 4.69) is 0 Å². The van der Waals surface area contributed by atoms with Gasteiger partial charge in [0.05, 0.1) is 16.2 Å². The summed E-state index contributed by atoms with van der Waals surface area (Å²) in [6.45, 7) is 0. The third-order valence-corrected chi connectivity index (χ3v) is 6.74. The number of rotatable bonds is 1. The van der Waals surface area contributed by atoms with Crippen LogP contribution in [-0.4, -0.2) is 19.3 Å². The molecule has 110 valence electrons. The van der Waals surface area contributed by atoms with E-state index >= 15 is 0 Å². The number of hydrogen-bond donors (Lipinski definition) is 1. The fourth-order valence-electron chi connectivity index (χ4n) is 3.81. The van der Waals surface area contributed by atoms with Gasteiger partial charge >= 0.3 is 0 Å². The number of sulfone groups is 1. The number of aliphatic hydroxyl groups is 1. The lowest BCUT2D eigenvalue weighted by molar-refractivity contribution is -0.0378. The lowest BCUT2D eigenvalue weighted by Crippen LogP contribution is -2.41. The molecule has 1 aliphatic carbocycles. The Kier molecular flexibility index (Phi) is 3.63. The molecule has 20 heavy (non-hydrogen) atoms. The van der Waals surface area contributed by atoms with Gasteiger partial charge in [0.25, 0.3) is 0 Å². The van der Waals surface area contributed by atoms with E-state index in [0.717, 1.165) is 25.7 Å². The van der Waals surface area contributed by atoms with E-state index in [9.17, 15) is 13.5 Å². The zero-order valence-electron chi connectivity index (χ0n) is 11.7. The van der Waals surface area contributed by atoms with Crippen molar-refractivity contribution < 1.29 is 13.5 Å². The molecule has 0 radical (unpaired) electrons.